The molecule has 7 heteroatoms. The Morgan fingerprint density at radius 3 is 3.11 bits per heavy atom. The zero-order valence-corrected chi connectivity index (χ0v) is 10.3. The van der Waals surface area contributed by atoms with Crippen LogP contribution in [0.25, 0.3) is 0 Å². The Balaban J connectivity index is 2.10. The molecule has 1 aliphatic heterocycles. The molecule has 18 heavy (non-hydrogen) atoms. The van der Waals surface area contributed by atoms with Gasteiger partial charge >= 0.3 is 0 Å². The average Bonchev–Trinajstić information content (AvgIpc) is 2.34. The van der Waals surface area contributed by atoms with E-state index < -0.39 is 4.92 Å². The van der Waals surface area contributed by atoms with Crippen LogP contribution in [0.3, 0.4) is 0 Å². The van der Waals surface area contributed by atoms with Crippen LogP contribution in [0.15, 0.2) is 30.2 Å². The van der Waals surface area contributed by atoms with Gasteiger partial charge in [-0.3, -0.25) is 10.1 Å². The zero-order chi connectivity index (χ0) is 13.0. The Hall–Kier alpha value is -1.66. The van der Waals surface area contributed by atoms with Gasteiger partial charge in [-0.1, -0.05) is 17.7 Å². The van der Waals surface area contributed by atoms with Crippen molar-refractivity contribution in [2.45, 2.75) is 6.54 Å². The molecule has 0 bridgehead atoms. The quantitative estimate of drug-likeness (QED) is 0.474. The van der Waals surface area contributed by atoms with Crippen molar-refractivity contribution in [2.75, 3.05) is 19.8 Å². The van der Waals surface area contributed by atoms with Crippen LogP contribution in [0, 0.1) is 10.1 Å². The number of pyridine rings is 1. The van der Waals surface area contributed by atoms with Crippen LogP contribution in [0.1, 0.15) is 5.56 Å². The summed E-state index contributed by atoms with van der Waals surface area (Å²) in [7, 11) is 0. The van der Waals surface area contributed by atoms with Gasteiger partial charge in [-0.15, -0.1) is 0 Å². The van der Waals surface area contributed by atoms with Gasteiger partial charge in [-0.2, -0.15) is 0 Å². The maximum absolute atomic E-state index is 10.5. The molecular weight excluding hydrogens is 258 g/mol. The van der Waals surface area contributed by atoms with Gasteiger partial charge < -0.3 is 9.64 Å². The fourth-order valence-corrected chi connectivity index (χ4v) is 1.84. The molecule has 0 amide bonds. The molecule has 6 nitrogen and oxygen atoms in total. The fraction of sp³-hybridized carbons (Fsp3) is 0.364. The van der Waals surface area contributed by atoms with E-state index in [9.17, 15) is 10.1 Å². The third-order valence-corrected chi connectivity index (χ3v) is 2.80. The summed E-state index contributed by atoms with van der Waals surface area (Å²) >= 11 is 5.71. The molecule has 0 spiro atoms. The second kappa shape index (κ2) is 5.79. The van der Waals surface area contributed by atoms with E-state index >= 15 is 0 Å². The number of halogens is 1. The highest BCUT2D eigenvalue weighted by Gasteiger charge is 2.18. The summed E-state index contributed by atoms with van der Waals surface area (Å²) in [5, 5.41) is 11.0. The Morgan fingerprint density at radius 1 is 1.61 bits per heavy atom. The normalized spacial score (nSPS) is 18.1. The van der Waals surface area contributed by atoms with Crippen LogP contribution in [-0.4, -0.2) is 34.6 Å². The predicted molar refractivity (Wildman–Crippen MR) is 65.6 cm³/mol. The molecule has 96 valence electrons. The largest absolute Gasteiger partial charge is 0.373 e. The second-order valence-electron chi connectivity index (χ2n) is 3.87. The molecule has 2 heterocycles. The number of rotatable bonds is 3. The molecule has 1 aromatic rings. The second-order valence-corrected chi connectivity index (χ2v) is 4.26. The van der Waals surface area contributed by atoms with Crippen molar-refractivity contribution in [3.05, 3.63) is 51.1 Å². The predicted octanol–water partition coefficient (Wildman–Crippen LogP) is 1.69. The summed E-state index contributed by atoms with van der Waals surface area (Å²) in [5.74, 6) is 0. The van der Waals surface area contributed by atoms with Crippen LogP contribution in [0.5, 0.6) is 0 Å². The van der Waals surface area contributed by atoms with E-state index in [1.54, 1.807) is 12.3 Å². The lowest BCUT2D eigenvalue weighted by molar-refractivity contribution is -0.405. The molecule has 1 aromatic heterocycles. The third kappa shape index (κ3) is 3.41. The van der Waals surface area contributed by atoms with Crippen LogP contribution < -0.4 is 0 Å². The van der Waals surface area contributed by atoms with E-state index in [1.165, 1.54) is 0 Å². The number of aromatic nitrogens is 1. The number of hydrogen-bond acceptors (Lipinski definition) is 5. The van der Waals surface area contributed by atoms with Gasteiger partial charge in [-0.05, 0) is 11.6 Å². The van der Waals surface area contributed by atoms with Crippen molar-refractivity contribution >= 4 is 11.6 Å². The summed E-state index contributed by atoms with van der Waals surface area (Å²) < 4.78 is 5.22. The van der Waals surface area contributed by atoms with Gasteiger partial charge in [0.25, 0.3) is 6.20 Å². The molecule has 0 radical (unpaired) electrons. The molecular formula is C11H12ClN3O3. The van der Waals surface area contributed by atoms with E-state index in [0.29, 0.717) is 30.5 Å². The SMILES string of the molecule is O=[N+]([O-])C=C1COCCN1Cc1ccc(Cl)nc1. The van der Waals surface area contributed by atoms with Crippen molar-refractivity contribution in [3.63, 3.8) is 0 Å². The van der Waals surface area contributed by atoms with Gasteiger partial charge in [-0.25, -0.2) is 4.98 Å². The van der Waals surface area contributed by atoms with Crippen molar-refractivity contribution in [2.24, 2.45) is 0 Å². The molecule has 0 saturated carbocycles. The van der Waals surface area contributed by atoms with Crippen molar-refractivity contribution in [1.82, 2.24) is 9.88 Å². The van der Waals surface area contributed by atoms with Gasteiger partial charge in [0.1, 0.15) is 10.9 Å². The highest BCUT2D eigenvalue weighted by atomic mass is 35.5. The van der Waals surface area contributed by atoms with E-state index in [2.05, 4.69) is 4.98 Å². The summed E-state index contributed by atoms with van der Waals surface area (Å²) in [6.45, 7) is 2.02. The molecule has 2 rings (SSSR count). The summed E-state index contributed by atoms with van der Waals surface area (Å²) in [4.78, 5) is 16.0. The minimum Gasteiger partial charge on any atom is -0.373 e. The van der Waals surface area contributed by atoms with Gasteiger partial charge in [0, 0.05) is 19.3 Å². The summed E-state index contributed by atoms with van der Waals surface area (Å²) in [6.07, 6.45) is 2.66. The molecule has 0 unspecified atom stereocenters. The average molecular weight is 270 g/mol. The zero-order valence-electron chi connectivity index (χ0n) is 9.58. The smallest absolute Gasteiger partial charge is 0.255 e. The third-order valence-electron chi connectivity index (χ3n) is 2.58. The molecule has 0 aromatic carbocycles. The Morgan fingerprint density at radius 2 is 2.44 bits per heavy atom. The molecule has 0 atom stereocenters. The lowest BCUT2D eigenvalue weighted by atomic mass is 10.2. The van der Waals surface area contributed by atoms with Crippen LogP contribution in [0.4, 0.5) is 0 Å². The van der Waals surface area contributed by atoms with Crippen molar-refractivity contribution in [3.8, 4) is 0 Å². The highest BCUT2D eigenvalue weighted by Crippen LogP contribution is 2.15. The number of ether oxygens (including phenoxy) is 1. The monoisotopic (exact) mass is 269 g/mol. The lowest BCUT2D eigenvalue weighted by Crippen LogP contribution is -2.34. The van der Waals surface area contributed by atoms with E-state index in [1.807, 2.05) is 11.0 Å². The molecule has 1 aliphatic rings. The summed E-state index contributed by atoms with van der Waals surface area (Å²) in [5.41, 5.74) is 1.52. The molecule has 0 N–H and O–H groups in total. The minimum atomic E-state index is -0.461. The first-order valence-corrected chi connectivity index (χ1v) is 5.80. The molecule has 1 saturated heterocycles. The Bertz CT molecular complexity index is 461. The number of nitro groups is 1. The number of nitrogens with zero attached hydrogens (tertiary/aromatic N) is 3. The van der Waals surface area contributed by atoms with E-state index in [0.717, 1.165) is 11.8 Å². The summed E-state index contributed by atoms with van der Waals surface area (Å²) in [6, 6.07) is 3.56. The Kier molecular flexibility index (Phi) is 4.11. The topological polar surface area (TPSA) is 68.5 Å². The van der Waals surface area contributed by atoms with Gasteiger partial charge in [0.05, 0.1) is 18.1 Å². The lowest BCUT2D eigenvalue weighted by Gasteiger charge is -2.29. The first-order valence-electron chi connectivity index (χ1n) is 5.42. The first kappa shape index (κ1) is 12.8. The van der Waals surface area contributed by atoms with Crippen LogP contribution >= 0.6 is 11.6 Å². The van der Waals surface area contributed by atoms with Crippen molar-refractivity contribution < 1.29 is 9.66 Å². The number of hydrogen-bond donors (Lipinski definition) is 0. The van der Waals surface area contributed by atoms with Gasteiger partial charge in [0.2, 0.25) is 0 Å². The molecule has 0 aliphatic carbocycles. The Labute approximate surface area is 109 Å². The highest BCUT2D eigenvalue weighted by molar-refractivity contribution is 6.29. The van der Waals surface area contributed by atoms with Crippen molar-refractivity contribution in [1.29, 1.82) is 0 Å². The minimum absolute atomic E-state index is 0.266. The maximum atomic E-state index is 10.5. The maximum Gasteiger partial charge on any atom is 0.255 e. The van der Waals surface area contributed by atoms with Crippen LogP contribution in [-0.2, 0) is 11.3 Å². The van der Waals surface area contributed by atoms with E-state index in [-0.39, 0.29) is 6.61 Å². The van der Waals surface area contributed by atoms with E-state index in [4.69, 9.17) is 16.3 Å². The fourth-order valence-electron chi connectivity index (χ4n) is 1.73. The standard InChI is InChI=1S/C11H12ClN3O3/c12-11-2-1-9(5-13-11)6-14-3-4-18-8-10(14)7-15(16)17/h1-2,5,7H,3-4,6,8H2. The number of morpholine rings is 1. The van der Waals surface area contributed by atoms with Crippen LogP contribution in [0.2, 0.25) is 5.15 Å². The van der Waals surface area contributed by atoms with Gasteiger partial charge in [0.15, 0.2) is 0 Å². The molecule has 1 fully saturated rings. The first-order chi connectivity index (χ1) is 8.65.